The minimum atomic E-state index is 0.0857. The third-order valence-electron chi connectivity index (χ3n) is 3.59. The van der Waals surface area contributed by atoms with E-state index in [-0.39, 0.29) is 18.6 Å². The summed E-state index contributed by atoms with van der Waals surface area (Å²) in [7, 11) is 1.55. The van der Waals surface area contributed by atoms with Gasteiger partial charge in [-0.15, -0.1) is 0 Å². The predicted octanol–water partition coefficient (Wildman–Crippen LogP) is 0.698. The zero-order valence-electron chi connectivity index (χ0n) is 11.6. The number of H-pyrrole nitrogens is 1. The number of aromatic nitrogens is 2. The third kappa shape index (κ3) is 3.78. The number of likely N-dealkylation sites (tertiary alicyclic amines) is 1. The lowest BCUT2D eigenvalue weighted by molar-refractivity contribution is -0.136. The predicted molar refractivity (Wildman–Crippen MR) is 71.6 cm³/mol. The normalized spacial score (nSPS) is 18.5. The molecule has 2 rings (SSSR count). The first-order valence-corrected chi connectivity index (χ1v) is 6.72. The van der Waals surface area contributed by atoms with Crippen molar-refractivity contribution in [2.45, 2.75) is 31.8 Å². The zero-order chi connectivity index (χ0) is 13.7. The van der Waals surface area contributed by atoms with E-state index in [2.05, 4.69) is 22.4 Å². The molecular formula is C13H22N4O2. The van der Waals surface area contributed by atoms with Gasteiger partial charge in [-0.25, -0.2) is 0 Å². The van der Waals surface area contributed by atoms with Crippen molar-refractivity contribution in [3.63, 3.8) is 0 Å². The SMILES string of the molecule is COCC(=O)N1CCC(NC(C)c2ccn[nH]2)CC1. The van der Waals surface area contributed by atoms with Gasteiger partial charge in [0.2, 0.25) is 5.91 Å². The number of methoxy groups -OCH3 is 1. The molecular weight excluding hydrogens is 244 g/mol. The molecule has 0 aliphatic carbocycles. The standard InChI is InChI=1S/C13H22N4O2/c1-10(12-3-6-14-16-12)15-11-4-7-17(8-5-11)13(18)9-19-2/h3,6,10-11,15H,4-5,7-9H2,1-2H3,(H,14,16). The Morgan fingerprint density at radius 3 is 2.95 bits per heavy atom. The molecule has 1 aromatic rings. The number of ether oxygens (including phenoxy) is 1. The summed E-state index contributed by atoms with van der Waals surface area (Å²) in [5.41, 5.74) is 1.10. The van der Waals surface area contributed by atoms with Crippen LogP contribution >= 0.6 is 0 Å². The highest BCUT2D eigenvalue weighted by atomic mass is 16.5. The Balaban J connectivity index is 1.76. The molecule has 1 aromatic heterocycles. The number of nitrogens with zero attached hydrogens (tertiary/aromatic N) is 2. The summed E-state index contributed by atoms with van der Waals surface area (Å²) in [4.78, 5) is 13.6. The van der Waals surface area contributed by atoms with Gasteiger partial charge in [-0.1, -0.05) is 0 Å². The van der Waals surface area contributed by atoms with E-state index in [4.69, 9.17) is 4.74 Å². The fourth-order valence-corrected chi connectivity index (χ4v) is 2.46. The molecule has 1 unspecified atom stereocenters. The molecule has 1 amide bonds. The highest BCUT2D eigenvalue weighted by Crippen LogP contribution is 2.15. The molecule has 0 radical (unpaired) electrons. The van der Waals surface area contributed by atoms with E-state index in [9.17, 15) is 4.79 Å². The van der Waals surface area contributed by atoms with Gasteiger partial charge in [0, 0.05) is 38.5 Å². The third-order valence-corrected chi connectivity index (χ3v) is 3.59. The Morgan fingerprint density at radius 2 is 2.37 bits per heavy atom. The van der Waals surface area contributed by atoms with Crippen molar-refractivity contribution >= 4 is 5.91 Å². The molecule has 1 atom stereocenters. The summed E-state index contributed by atoms with van der Waals surface area (Å²) in [6.07, 6.45) is 3.72. The summed E-state index contributed by atoms with van der Waals surface area (Å²) in [5.74, 6) is 0.0857. The zero-order valence-corrected chi connectivity index (χ0v) is 11.6. The fourth-order valence-electron chi connectivity index (χ4n) is 2.46. The van der Waals surface area contributed by atoms with Crippen LogP contribution in [-0.4, -0.2) is 53.9 Å². The molecule has 106 valence electrons. The lowest BCUT2D eigenvalue weighted by Crippen LogP contribution is -2.46. The average Bonchev–Trinajstić information content (AvgIpc) is 2.94. The van der Waals surface area contributed by atoms with Crippen LogP contribution in [0.15, 0.2) is 12.3 Å². The summed E-state index contributed by atoms with van der Waals surface area (Å²) < 4.78 is 4.88. The van der Waals surface area contributed by atoms with Crippen LogP contribution < -0.4 is 5.32 Å². The monoisotopic (exact) mass is 266 g/mol. The molecule has 2 heterocycles. The minimum Gasteiger partial charge on any atom is -0.375 e. The topological polar surface area (TPSA) is 70.2 Å². The first-order chi connectivity index (χ1) is 9.20. The van der Waals surface area contributed by atoms with Gasteiger partial charge in [-0.05, 0) is 25.8 Å². The number of carbonyl (C=O) groups excluding carboxylic acids is 1. The smallest absolute Gasteiger partial charge is 0.248 e. The number of nitrogens with one attached hydrogen (secondary N) is 2. The maximum absolute atomic E-state index is 11.7. The maximum Gasteiger partial charge on any atom is 0.248 e. The van der Waals surface area contributed by atoms with Crippen molar-refractivity contribution in [1.82, 2.24) is 20.4 Å². The Bertz CT molecular complexity index is 385. The largest absolute Gasteiger partial charge is 0.375 e. The molecule has 1 aliphatic heterocycles. The first-order valence-electron chi connectivity index (χ1n) is 6.72. The van der Waals surface area contributed by atoms with E-state index in [0.29, 0.717) is 6.04 Å². The Morgan fingerprint density at radius 1 is 1.63 bits per heavy atom. The number of hydrogen-bond acceptors (Lipinski definition) is 4. The molecule has 6 nitrogen and oxygen atoms in total. The van der Waals surface area contributed by atoms with Crippen LogP contribution in [0.2, 0.25) is 0 Å². The van der Waals surface area contributed by atoms with Crippen molar-refractivity contribution < 1.29 is 9.53 Å². The number of aromatic amines is 1. The Labute approximate surface area is 113 Å². The van der Waals surface area contributed by atoms with Gasteiger partial charge >= 0.3 is 0 Å². The second-order valence-electron chi connectivity index (χ2n) is 4.99. The number of amides is 1. The maximum atomic E-state index is 11.7. The van der Waals surface area contributed by atoms with Crippen LogP contribution in [0, 0.1) is 0 Å². The van der Waals surface area contributed by atoms with Crippen LogP contribution in [0.3, 0.4) is 0 Å². The summed E-state index contributed by atoms with van der Waals surface area (Å²) in [6.45, 7) is 3.91. The highest BCUT2D eigenvalue weighted by molar-refractivity contribution is 5.77. The van der Waals surface area contributed by atoms with Crippen LogP contribution in [-0.2, 0) is 9.53 Å². The van der Waals surface area contributed by atoms with Gasteiger partial charge in [-0.2, -0.15) is 5.10 Å². The quantitative estimate of drug-likeness (QED) is 0.823. The second kappa shape index (κ2) is 6.68. The van der Waals surface area contributed by atoms with E-state index in [1.165, 1.54) is 0 Å². The molecule has 2 N–H and O–H groups in total. The average molecular weight is 266 g/mol. The molecule has 0 spiro atoms. The van der Waals surface area contributed by atoms with E-state index in [1.54, 1.807) is 13.3 Å². The van der Waals surface area contributed by atoms with E-state index in [1.807, 2.05) is 11.0 Å². The van der Waals surface area contributed by atoms with E-state index >= 15 is 0 Å². The number of carbonyl (C=O) groups is 1. The minimum absolute atomic E-state index is 0.0857. The highest BCUT2D eigenvalue weighted by Gasteiger charge is 2.23. The summed E-state index contributed by atoms with van der Waals surface area (Å²) >= 11 is 0. The number of hydrogen-bond donors (Lipinski definition) is 2. The lowest BCUT2D eigenvalue weighted by atomic mass is 10.0. The molecule has 1 aliphatic rings. The van der Waals surface area contributed by atoms with Crippen LogP contribution in [0.1, 0.15) is 31.5 Å². The van der Waals surface area contributed by atoms with Gasteiger partial charge in [-0.3, -0.25) is 9.89 Å². The van der Waals surface area contributed by atoms with Crippen molar-refractivity contribution in [2.75, 3.05) is 26.8 Å². The van der Waals surface area contributed by atoms with Gasteiger partial charge < -0.3 is 15.0 Å². The van der Waals surface area contributed by atoms with Gasteiger partial charge in [0.05, 0.1) is 5.69 Å². The fraction of sp³-hybridized carbons (Fsp3) is 0.692. The first kappa shape index (κ1) is 14.0. The van der Waals surface area contributed by atoms with Crippen molar-refractivity contribution in [3.8, 4) is 0 Å². The molecule has 1 saturated heterocycles. The van der Waals surface area contributed by atoms with E-state index in [0.717, 1.165) is 31.6 Å². The number of rotatable bonds is 5. The molecule has 19 heavy (non-hydrogen) atoms. The second-order valence-corrected chi connectivity index (χ2v) is 4.99. The van der Waals surface area contributed by atoms with Gasteiger partial charge in [0.15, 0.2) is 0 Å². The molecule has 6 heteroatoms. The van der Waals surface area contributed by atoms with Crippen LogP contribution in [0.4, 0.5) is 0 Å². The Hall–Kier alpha value is -1.40. The van der Waals surface area contributed by atoms with Crippen molar-refractivity contribution in [1.29, 1.82) is 0 Å². The summed E-state index contributed by atoms with van der Waals surface area (Å²) in [5, 5.41) is 10.5. The van der Waals surface area contributed by atoms with Gasteiger partial charge in [0.1, 0.15) is 6.61 Å². The van der Waals surface area contributed by atoms with Crippen molar-refractivity contribution in [2.24, 2.45) is 0 Å². The van der Waals surface area contributed by atoms with Gasteiger partial charge in [0.25, 0.3) is 0 Å². The summed E-state index contributed by atoms with van der Waals surface area (Å²) in [6, 6.07) is 2.69. The van der Waals surface area contributed by atoms with Crippen LogP contribution in [0.25, 0.3) is 0 Å². The van der Waals surface area contributed by atoms with Crippen LogP contribution in [0.5, 0.6) is 0 Å². The molecule has 0 saturated carbocycles. The molecule has 0 aromatic carbocycles. The number of piperidine rings is 1. The van der Waals surface area contributed by atoms with E-state index < -0.39 is 0 Å². The lowest BCUT2D eigenvalue weighted by Gasteiger charge is -2.33. The molecule has 0 bridgehead atoms. The Kier molecular flexibility index (Phi) is 4.93. The van der Waals surface area contributed by atoms with Crippen molar-refractivity contribution in [3.05, 3.63) is 18.0 Å². The molecule has 1 fully saturated rings.